The Kier molecular flexibility index (Phi) is 14.5. The normalized spacial score (nSPS) is 10.0. The maximum absolute atomic E-state index is 2.50. The molecular weight excluding hydrogens is 141 g/mol. The predicted octanol–water partition coefficient (Wildman–Crippen LogP) is 2.26. The minimum atomic E-state index is 0. The van der Waals surface area contributed by atoms with Crippen LogP contribution in [0.5, 0.6) is 0 Å². The number of hydrogen-bond acceptors (Lipinski definition) is 1. The summed E-state index contributed by atoms with van der Waals surface area (Å²) in [6.45, 7) is 10.5. The molecule has 0 saturated heterocycles. The van der Waals surface area contributed by atoms with Crippen LogP contribution in [0, 0.1) is 0 Å². The van der Waals surface area contributed by atoms with E-state index >= 15 is 0 Å². The standard InChI is InChI=1S/C10H23N.Li.H/c1-4-7-8-9-10-11(5-2)6-3;;/h4-10H2,1-3H3;;. The molecule has 0 atom stereocenters. The molecule has 0 aliphatic rings. The summed E-state index contributed by atoms with van der Waals surface area (Å²) in [6.07, 6.45) is 5.54. The van der Waals surface area contributed by atoms with Crippen LogP contribution in [0.15, 0.2) is 0 Å². The van der Waals surface area contributed by atoms with Gasteiger partial charge in [0.2, 0.25) is 0 Å². The zero-order valence-electron chi connectivity index (χ0n) is 8.40. The molecule has 0 rings (SSSR count). The van der Waals surface area contributed by atoms with E-state index in [-0.39, 0.29) is 18.9 Å². The van der Waals surface area contributed by atoms with Crippen LogP contribution in [-0.4, -0.2) is 43.4 Å². The Bertz CT molecular complexity index is 72.2. The van der Waals surface area contributed by atoms with E-state index in [2.05, 4.69) is 25.7 Å². The number of hydrogen-bond donors (Lipinski definition) is 0. The molecule has 0 aliphatic heterocycles. The summed E-state index contributed by atoms with van der Waals surface area (Å²) in [6, 6.07) is 0. The average molecular weight is 165 g/mol. The van der Waals surface area contributed by atoms with E-state index in [0.717, 1.165) is 0 Å². The van der Waals surface area contributed by atoms with Gasteiger partial charge in [0.15, 0.2) is 0 Å². The van der Waals surface area contributed by atoms with Gasteiger partial charge >= 0.3 is 18.9 Å². The molecular formula is C10H24LiN. The third kappa shape index (κ3) is 8.65. The maximum atomic E-state index is 2.50. The van der Waals surface area contributed by atoms with Gasteiger partial charge in [-0.15, -0.1) is 0 Å². The summed E-state index contributed by atoms with van der Waals surface area (Å²) in [5.74, 6) is 0. The molecule has 0 unspecified atom stereocenters. The Labute approximate surface area is 90.1 Å². The van der Waals surface area contributed by atoms with Gasteiger partial charge in [-0.3, -0.25) is 0 Å². The monoisotopic (exact) mass is 165 g/mol. The molecule has 0 aromatic rings. The molecule has 0 saturated carbocycles. The summed E-state index contributed by atoms with van der Waals surface area (Å²) in [7, 11) is 0. The van der Waals surface area contributed by atoms with Crippen molar-refractivity contribution in [1.82, 2.24) is 4.90 Å². The molecule has 0 heterocycles. The first-order valence-corrected chi connectivity index (χ1v) is 5.07. The van der Waals surface area contributed by atoms with Crippen molar-refractivity contribution in [1.29, 1.82) is 0 Å². The summed E-state index contributed by atoms with van der Waals surface area (Å²) < 4.78 is 0. The fourth-order valence-corrected chi connectivity index (χ4v) is 1.30. The van der Waals surface area contributed by atoms with Crippen LogP contribution in [0.25, 0.3) is 0 Å². The summed E-state index contributed by atoms with van der Waals surface area (Å²) in [4.78, 5) is 2.50. The van der Waals surface area contributed by atoms with Gasteiger partial charge in [0.25, 0.3) is 0 Å². The van der Waals surface area contributed by atoms with Gasteiger partial charge in [-0.25, -0.2) is 0 Å². The Hall–Kier alpha value is 0.557. The first kappa shape index (κ1) is 15.0. The van der Waals surface area contributed by atoms with Crippen LogP contribution in [0.2, 0.25) is 0 Å². The molecule has 0 spiro atoms. The molecule has 2 heteroatoms. The molecule has 12 heavy (non-hydrogen) atoms. The molecule has 0 amide bonds. The molecule has 0 aromatic heterocycles. The number of rotatable bonds is 7. The molecule has 70 valence electrons. The van der Waals surface area contributed by atoms with E-state index in [9.17, 15) is 0 Å². The first-order valence-electron chi connectivity index (χ1n) is 5.07. The number of unbranched alkanes of at least 4 members (excludes halogenated alkanes) is 3. The average Bonchev–Trinajstić information content (AvgIpc) is 2.05. The Morgan fingerprint density at radius 2 is 1.42 bits per heavy atom. The molecule has 0 bridgehead atoms. The van der Waals surface area contributed by atoms with Crippen LogP contribution >= 0.6 is 0 Å². The van der Waals surface area contributed by atoms with Crippen LogP contribution in [0.3, 0.4) is 0 Å². The predicted molar refractivity (Wildman–Crippen MR) is 59.1 cm³/mol. The third-order valence-electron chi connectivity index (χ3n) is 2.22. The quantitative estimate of drug-likeness (QED) is 0.413. The Balaban J connectivity index is 0. The van der Waals surface area contributed by atoms with Gasteiger partial charge in [0, 0.05) is 0 Å². The fourth-order valence-electron chi connectivity index (χ4n) is 1.30. The van der Waals surface area contributed by atoms with Gasteiger partial charge in [-0.1, -0.05) is 40.0 Å². The second-order valence-corrected chi connectivity index (χ2v) is 3.09. The van der Waals surface area contributed by atoms with Crippen molar-refractivity contribution in [2.24, 2.45) is 0 Å². The van der Waals surface area contributed by atoms with Gasteiger partial charge in [0.05, 0.1) is 0 Å². The topological polar surface area (TPSA) is 3.24 Å². The van der Waals surface area contributed by atoms with Crippen molar-refractivity contribution in [2.75, 3.05) is 19.6 Å². The van der Waals surface area contributed by atoms with E-state index in [1.54, 1.807) is 0 Å². The van der Waals surface area contributed by atoms with Crippen molar-refractivity contribution < 1.29 is 0 Å². The van der Waals surface area contributed by atoms with Gasteiger partial charge in [-0.2, -0.15) is 0 Å². The summed E-state index contributed by atoms with van der Waals surface area (Å²) in [5, 5.41) is 0. The second kappa shape index (κ2) is 11.6. The van der Waals surface area contributed by atoms with Crippen LogP contribution in [-0.2, 0) is 0 Å². The summed E-state index contributed by atoms with van der Waals surface area (Å²) in [5.41, 5.74) is 0. The van der Waals surface area contributed by atoms with E-state index < -0.39 is 0 Å². The molecule has 1 nitrogen and oxygen atoms in total. The van der Waals surface area contributed by atoms with Crippen LogP contribution in [0.1, 0.15) is 46.5 Å². The van der Waals surface area contributed by atoms with Crippen molar-refractivity contribution >= 4 is 18.9 Å². The fraction of sp³-hybridized carbons (Fsp3) is 1.00. The van der Waals surface area contributed by atoms with Crippen molar-refractivity contribution in [3.8, 4) is 0 Å². The molecule has 0 radical (unpaired) electrons. The molecule has 0 fully saturated rings. The minimum absolute atomic E-state index is 0. The van der Waals surface area contributed by atoms with Crippen LogP contribution < -0.4 is 0 Å². The Morgan fingerprint density at radius 3 is 1.83 bits per heavy atom. The van der Waals surface area contributed by atoms with E-state index in [1.807, 2.05) is 0 Å². The van der Waals surface area contributed by atoms with E-state index in [0.29, 0.717) is 0 Å². The van der Waals surface area contributed by atoms with Gasteiger partial charge in [0.1, 0.15) is 0 Å². The van der Waals surface area contributed by atoms with Crippen molar-refractivity contribution in [3.05, 3.63) is 0 Å². The van der Waals surface area contributed by atoms with E-state index in [1.165, 1.54) is 45.3 Å². The molecule has 0 aromatic carbocycles. The summed E-state index contributed by atoms with van der Waals surface area (Å²) >= 11 is 0. The van der Waals surface area contributed by atoms with Crippen molar-refractivity contribution in [3.63, 3.8) is 0 Å². The zero-order valence-corrected chi connectivity index (χ0v) is 8.40. The first-order chi connectivity index (χ1) is 5.35. The van der Waals surface area contributed by atoms with Crippen molar-refractivity contribution in [2.45, 2.75) is 46.5 Å². The molecule has 0 aliphatic carbocycles. The SMILES string of the molecule is CCCCCCN(CC)CC.[LiH]. The van der Waals surface area contributed by atoms with E-state index in [4.69, 9.17) is 0 Å². The zero-order chi connectivity index (χ0) is 8.53. The van der Waals surface area contributed by atoms with Crippen LogP contribution in [0.4, 0.5) is 0 Å². The second-order valence-electron chi connectivity index (χ2n) is 3.09. The molecule has 0 N–H and O–H groups in total. The Morgan fingerprint density at radius 1 is 0.833 bits per heavy atom. The number of nitrogens with zero attached hydrogens (tertiary/aromatic N) is 1. The van der Waals surface area contributed by atoms with Gasteiger partial charge < -0.3 is 4.90 Å². The third-order valence-corrected chi connectivity index (χ3v) is 2.22. The van der Waals surface area contributed by atoms with Gasteiger partial charge in [-0.05, 0) is 26.1 Å².